The zero-order chi connectivity index (χ0) is 11.9. The fraction of sp³-hybridized carbons (Fsp3) is 0.500. The van der Waals surface area contributed by atoms with Gasteiger partial charge in [-0.05, 0) is 43.2 Å². The van der Waals surface area contributed by atoms with E-state index in [4.69, 9.17) is 0 Å². The average molecular weight is 248 g/mol. The van der Waals surface area contributed by atoms with E-state index in [1.165, 1.54) is 31.0 Å². The number of carboxylic acids is 1. The summed E-state index contributed by atoms with van der Waals surface area (Å²) in [5, 5.41) is 9.48. The third-order valence-corrected chi connectivity index (χ3v) is 5.54. The second-order valence-corrected chi connectivity index (χ2v) is 6.88. The highest BCUT2D eigenvalue weighted by molar-refractivity contribution is 8.01. The SMILES string of the molecule is O=C(O)C1(Sc2ccccc2)CC2(CCC2)C1. The van der Waals surface area contributed by atoms with Gasteiger partial charge < -0.3 is 5.11 Å². The van der Waals surface area contributed by atoms with E-state index in [-0.39, 0.29) is 0 Å². The molecule has 0 heterocycles. The van der Waals surface area contributed by atoms with Crippen LogP contribution in [-0.4, -0.2) is 15.8 Å². The zero-order valence-electron chi connectivity index (χ0n) is 9.69. The van der Waals surface area contributed by atoms with Gasteiger partial charge in [0.1, 0.15) is 4.75 Å². The summed E-state index contributed by atoms with van der Waals surface area (Å²) in [6, 6.07) is 9.90. The largest absolute Gasteiger partial charge is 0.480 e. The molecule has 0 saturated heterocycles. The highest BCUT2D eigenvalue weighted by atomic mass is 32.2. The second kappa shape index (κ2) is 3.77. The van der Waals surface area contributed by atoms with Crippen molar-refractivity contribution in [1.29, 1.82) is 0 Å². The minimum atomic E-state index is -0.635. The van der Waals surface area contributed by atoms with Gasteiger partial charge in [0.25, 0.3) is 0 Å². The molecular weight excluding hydrogens is 232 g/mol. The summed E-state index contributed by atoms with van der Waals surface area (Å²) >= 11 is 1.54. The third-order valence-electron chi connectivity index (χ3n) is 4.18. The van der Waals surface area contributed by atoms with Crippen molar-refractivity contribution in [2.24, 2.45) is 5.41 Å². The van der Waals surface area contributed by atoms with Gasteiger partial charge in [-0.3, -0.25) is 4.79 Å². The van der Waals surface area contributed by atoms with E-state index in [0.29, 0.717) is 5.41 Å². The molecule has 1 aromatic carbocycles. The van der Waals surface area contributed by atoms with Gasteiger partial charge in [-0.1, -0.05) is 24.6 Å². The van der Waals surface area contributed by atoms with Crippen molar-refractivity contribution in [3.8, 4) is 0 Å². The third kappa shape index (κ3) is 1.77. The van der Waals surface area contributed by atoms with Crippen molar-refractivity contribution >= 4 is 17.7 Å². The normalized spacial score (nSPS) is 23.8. The van der Waals surface area contributed by atoms with E-state index < -0.39 is 10.7 Å². The zero-order valence-corrected chi connectivity index (χ0v) is 10.5. The molecule has 3 heteroatoms. The van der Waals surface area contributed by atoms with Crippen molar-refractivity contribution in [2.75, 3.05) is 0 Å². The van der Waals surface area contributed by atoms with Crippen LogP contribution < -0.4 is 0 Å². The van der Waals surface area contributed by atoms with E-state index in [0.717, 1.165) is 17.7 Å². The Labute approximate surface area is 105 Å². The summed E-state index contributed by atoms with van der Waals surface area (Å²) in [5.41, 5.74) is 0.389. The van der Waals surface area contributed by atoms with Crippen LogP contribution >= 0.6 is 11.8 Å². The maximum Gasteiger partial charge on any atom is 0.320 e. The molecule has 2 saturated carbocycles. The first-order valence-corrected chi connectivity index (χ1v) is 6.93. The van der Waals surface area contributed by atoms with Crippen molar-refractivity contribution in [1.82, 2.24) is 0 Å². The second-order valence-electron chi connectivity index (χ2n) is 5.42. The molecule has 0 aliphatic heterocycles. The lowest BCUT2D eigenvalue weighted by molar-refractivity contribution is -0.149. The average Bonchev–Trinajstić information content (AvgIpc) is 2.21. The van der Waals surface area contributed by atoms with Gasteiger partial charge in [-0.2, -0.15) is 0 Å². The first kappa shape index (κ1) is 11.1. The van der Waals surface area contributed by atoms with Gasteiger partial charge in [0.2, 0.25) is 0 Å². The summed E-state index contributed by atoms with van der Waals surface area (Å²) in [6.07, 6.45) is 5.46. The first-order valence-electron chi connectivity index (χ1n) is 6.12. The standard InChI is InChI=1S/C14H16O2S/c15-12(16)14(9-13(10-14)7-4-8-13)17-11-5-2-1-3-6-11/h1-3,5-6H,4,7-10H2,(H,15,16). The molecule has 2 fully saturated rings. The Hall–Kier alpha value is -0.960. The lowest BCUT2D eigenvalue weighted by atomic mass is 9.51. The van der Waals surface area contributed by atoms with Crippen LogP contribution in [-0.2, 0) is 4.79 Å². The van der Waals surface area contributed by atoms with Gasteiger partial charge in [-0.25, -0.2) is 0 Å². The molecule has 1 aromatic rings. The van der Waals surface area contributed by atoms with Crippen molar-refractivity contribution < 1.29 is 9.90 Å². The minimum absolute atomic E-state index is 0.389. The number of thioether (sulfide) groups is 1. The predicted molar refractivity (Wildman–Crippen MR) is 68.2 cm³/mol. The fourth-order valence-corrected chi connectivity index (χ4v) is 4.76. The Morgan fingerprint density at radius 2 is 1.82 bits per heavy atom. The van der Waals surface area contributed by atoms with E-state index in [1.54, 1.807) is 0 Å². The number of benzene rings is 1. The van der Waals surface area contributed by atoms with Crippen LogP contribution in [0.25, 0.3) is 0 Å². The van der Waals surface area contributed by atoms with Gasteiger partial charge >= 0.3 is 5.97 Å². The molecule has 0 amide bonds. The lowest BCUT2D eigenvalue weighted by Gasteiger charge is -2.58. The molecule has 0 radical (unpaired) electrons. The van der Waals surface area contributed by atoms with Gasteiger partial charge in [-0.15, -0.1) is 11.8 Å². The van der Waals surface area contributed by atoms with Crippen LogP contribution in [0, 0.1) is 5.41 Å². The van der Waals surface area contributed by atoms with Crippen molar-refractivity contribution in [2.45, 2.75) is 41.7 Å². The summed E-state index contributed by atoms with van der Waals surface area (Å²) < 4.78 is -0.554. The molecular formula is C14H16O2S. The molecule has 3 rings (SSSR count). The molecule has 0 atom stereocenters. The van der Waals surface area contributed by atoms with Gasteiger partial charge in [0.15, 0.2) is 0 Å². The molecule has 2 aliphatic carbocycles. The van der Waals surface area contributed by atoms with Crippen molar-refractivity contribution in [3.63, 3.8) is 0 Å². The van der Waals surface area contributed by atoms with E-state index in [9.17, 15) is 9.90 Å². The number of carbonyl (C=O) groups is 1. The topological polar surface area (TPSA) is 37.3 Å². The Morgan fingerprint density at radius 1 is 1.18 bits per heavy atom. The van der Waals surface area contributed by atoms with Crippen LogP contribution in [0.3, 0.4) is 0 Å². The van der Waals surface area contributed by atoms with Crippen LogP contribution in [0.15, 0.2) is 35.2 Å². The molecule has 0 bridgehead atoms. The maximum atomic E-state index is 11.5. The van der Waals surface area contributed by atoms with Gasteiger partial charge in [0.05, 0.1) is 0 Å². The number of rotatable bonds is 3. The summed E-state index contributed by atoms with van der Waals surface area (Å²) in [6.45, 7) is 0. The molecule has 2 aliphatic rings. The Kier molecular flexibility index (Phi) is 2.47. The quantitative estimate of drug-likeness (QED) is 0.888. The molecule has 0 aromatic heterocycles. The molecule has 1 N–H and O–H groups in total. The molecule has 0 unspecified atom stereocenters. The summed E-state index contributed by atoms with van der Waals surface area (Å²) in [7, 11) is 0. The number of hydrogen-bond acceptors (Lipinski definition) is 2. The maximum absolute atomic E-state index is 11.5. The van der Waals surface area contributed by atoms with E-state index in [1.807, 2.05) is 30.3 Å². The summed E-state index contributed by atoms with van der Waals surface area (Å²) in [5.74, 6) is -0.635. The van der Waals surface area contributed by atoms with Gasteiger partial charge in [0, 0.05) is 4.90 Å². The lowest BCUT2D eigenvalue weighted by Crippen LogP contribution is -2.57. The highest BCUT2D eigenvalue weighted by Gasteiger charge is 2.61. The van der Waals surface area contributed by atoms with E-state index in [2.05, 4.69) is 0 Å². The molecule has 90 valence electrons. The monoisotopic (exact) mass is 248 g/mol. The van der Waals surface area contributed by atoms with Crippen LogP contribution in [0.2, 0.25) is 0 Å². The Bertz CT molecular complexity index is 429. The molecule has 17 heavy (non-hydrogen) atoms. The smallest absolute Gasteiger partial charge is 0.320 e. The number of carboxylic acid groups (broad SMARTS) is 1. The Balaban J connectivity index is 1.76. The van der Waals surface area contributed by atoms with Crippen LogP contribution in [0.1, 0.15) is 32.1 Å². The summed E-state index contributed by atoms with van der Waals surface area (Å²) in [4.78, 5) is 12.6. The Morgan fingerprint density at radius 3 is 2.29 bits per heavy atom. The van der Waals surface area contributed by atoms with Crippen LogP contribution in [0.5, 0.6) is 0 Å². The highest BCUT2D eigenvalue weighted by Crippen LogP contribution is 2.65. The van der Waals surface area contributed by atoms with Crippen molar-refractivity contribution in [3.05, 3.63) is 30.3 Å². The molecule has 2 nitrogen and oxygen atoms in total. The fourth-order valence-electron chi connectivity index (χ4n) is 3.17. The predicted octanol–water partition coefficient (Wildman–Crippen LogP) is 3.57. The minimum Gasteiger partial charge on any atom is -0.480 e. The van der Waals surface area contributed by atoms with E-state index >= 15 is 0 Å². The molecule has 1 spiro atoms. The number of aliphatic carboxylic acids is 1. The van der Waals surface area contributed by atoms with Crippen LogP contribution in [0.4, 0.5) is 0 Å². The number of hydrogen-bond donors (Lipinski definition) is 1. The first-order chi connectivity index (χ1) is 8.14.